The summed E-state index contributed by atoms with van der Waals surface area (Å²) in [5, 5.41) is 0. The summed E-state index contributed by atoms with van der Waals surface area (Å²) in [5.41, 5.74) is 0. The highest BCUT2D eigenvalue weighted by Crippen LogP contribution is 2.42. The molecule has 0 spiro atoms. The summed E-state index contributed by atoms with van der Waals surface area (Å²) in [7, 11) is -4.02. The van der Waals surface area contributed by atoms with Crippen molar-refractivity contribution in [3.05, 3.63) is 0 Å². The minimum atomic E-state index is -4.02. The molecule has 0 heterocycles. The van der Waals surface area contributed by atoms with Gasteiger partial charge in [0.05, 0.1) is 5.92 Å². The van der Waals surface area contributed by atoms with E-state index < -0.39 is 26.5 Å². The van der Waals surface area contributed by atoms with Gasteiger partial charge in [-0.15, -0.1) is 0 Å². The molecule has 1 atom stereocenters. The predicted octanol–water partition coefficient (Wildman–Crippen LogP) is 1.57. The van der Waals surface area contributed by atoms with Crippen molar-refractivity contribution >= 4 is 19.3 Å². The number of ketones is 1. The quantitative estimate of drug-likeness (QED) is 0.427. The number of ether oxygens (including phenoxy) is 1. The van der Waals surface area contributed by atoms with E-state index in [1.807, 2.05) is 0 Å². The van der Waals surface area contributed by atoms with Gasteiger partial charge in [0.25, 0.3) is 0 Å². The van der Waals surface area contributed by atoms with Gasteiger partial charge in [0.1, 0.15) is 11.9 Å². The third kappa shape index (κ3) is 7.26. The van der Waals surface area contributed by atoms with E-state index in [1.54, 1.807) is 27.7 Å². The van der Waals surface area contributed by atoms with E-state index in [9.17, 15) is 19.0 Å². The Kier molecular flexibility index (Phi) is 6.60. The Hall–Kier alpha value is -0.710. The number of carbonyl (C=O) groups excluding carboxylic acids is 2. The van der Waals surface area contributed by atoms with E-state index in [1.165, 1.54) is 0 Å². The monoisotopic (exact) mass is 266 g/mol. The Morgan fingerprint density at radius 3 is 2.12 bits per heavy atom. The van der Waals surface area contributed by atoms with Crippen LogP contribution in [0.15, 0.2) is 0 Å². The summed E-state index contributed by atoms with van der Waals surface area (Å²) in [5.74, 6) is -1.57. The number of hydrogen-bond donors (Lipinski definition) is 1. The first-order chi connectivity index (χ1) is 7.65. The van der Waals surface area contributed by atoms with Gasteiger partial charge in [-0.05, 0) is 0 Å². The van der Waals surface area contributed by atoms with E-state index in [-0.39, 0.29) is 17.6 Å². The second-order valence-corrected chi connectivity index (χ2v) is 6.13. The van der Waals surface area contributed by atoms with Gasteiger partial charge in [-0.25, -0.2) is 0 Å². The molecular weight excluding hydrogens is 247 g/mol. The average Bonchev–Trinajstić information content (AvgIpc) is 2.15. The molecule has 0 aromatic heterocycles. The van der Waals surface area contributed by atoms with Gasteiger partial charge in [-0.1, -0.05) is 27.7 Å². The molecule has 0 fully saturated rings. The van der Waals surface area contributed by atoms with Crippen molar-refractivity contribution in [3.8, 4) is 0 Å². The molecular formula is C10H19O6P. The smallest absolute Gasteiger partial charge is 0.338 e. The normalized spacial score (nSPS) is 14.8. The number of hydrogen-bond acceptors (Lipinski definition) is 5. The predicted molar refractivity (Wildman–Crippen MR) is 61.4 cm³/mol. The van der Waals surface area contributed by atoms with Gasteiger partial charge in [-0.2, -0.15) is 0 Å². The lowest BCUT2D eigenvalue weighted by atomic mass is 10.1. The van der Waals surface area contributed by atoms with Crippen LogP contribution in [0.2, 0.25) is 0 Å². The lowest BCUT2D eigenvalue weighted by molar-refractivity contribution is -0.154. The highest BCUT2D eigenvalue weighted by Gasteiger charge is 2.26. The molecule has 1 N–H and O–H groups in total. The molecule has 0 radical (unpaired) electrons. The number of Topliss-reactive ketones (excluding diaryl/α,β-unsaturated/α-hetero) is 1. The van der Waals surface area contributed by atoms with Gasteiger partial charge in [0.2, 0.25) is 6.79 Å². The van der Waals surface area contributed by atoms with Crippen molar-refractivity contribution in [2.75, 3.05) is 13.0 Å². The van der Waals surface area contributed by atoms with Gasteiger partial charge < -0.3 is 9.63 Å². The van der Waals surface area contributed by atoms with Crippen molar-refractivity contribution in [1.82, 2.24) is 0 Å². The Bertz CT molecular complexity index is 323. The topological polar surface area (TPSA) is 89.9 Å². The van der Waals surface area contributed by atoms with E-state index in [2.05, 4.69) is 9.26 Å². The molecule has 6 nitrogen and oxygen atoms in total. The summed E-state index contributed by atoms with van der Waals surface area (Å²) >= 11 is 0. The van der Waals surface area contributed by atoms with Crippen LogP contribution in [0.1, 0.15) is 27.7 Å². The van der Waals surface area contributed by atoms with Gasteiger partial charge in [-0.3, -0.25) is 18.7 Å². The molecule has 0 amide bonds. The van der Waals surface area contributed by atoms with Gasteiger partial charge in [0, 0.05) is 5.92 Å². The number of carbonyl (C=O) groups is 2. The van der Waals surface area contributed by atoms with Crippen LogP contribution in [0.25, 0.3) is 0 Å². The zero-order valence-electron chi connectivity index (χ0n) is 10.5. The van der Waals surface area contributed by atoms with Crippen molar-refractivity contribution in [2.24, 2.45) is 11.8 Å². The average molecular weight is 266 g/mol. The standard InChI is InChI=1S/C10H19O6P/c1-7(2)9(11)5-17(13,14)16-6-15-10(12)8(3)4/h7-8H,5-6H2,1-4H3,(H,13,14). The molecule has 0 aliphatic rings. The Morgan fingerprint density at radius 2 is 1.71 bits per heavy atom. The van der Waals surface area contributed by atoms with Gasteiger partial charge >= 0.3 is 13.6 Å². The summed E-state index contributed by atoms with van der Waals surface area (Å²) < 4.78 is 20.5. The second-order valence-electron chi connectivity index (χ2n) is 4.28. The Balaban J connectivity index is 4.07. The molecule has 7 heteroatoms. The number of esters is 1. The maximum absolute atomic E-state index is 11.4. The van der Waals surface area contributed by atoms with E-state index >= 15 is 0 Å². The minimum absolute atomic E-state index is 0.336. The lowest BCUT2D eigenvalue weighted by Gasteiger charge is -2.13. The fraction of sp³-hybridized carbons (Fsp3) is 0.800. The van der Waals surface area contributed by atoms with Crippen LogP contribution >= 0.6 is 7.60 Å². The summed E-state index contributed by atoms with van der Waals surface area (Å²) in [6.07, 6.45) is -0.566. The molecule has 0 aliphatic carbocycles. The van der Waals surface area contributed by atoms with E-state index in [4.69, 9.17) is 0 Å². The molecule has 0 saturated carbocycles. The van der Waals surface area contributed by atoms with E-state index in [0.29, 0.717) is 0 Å². The lowest BCUT2D eigenvalue weighted by Crippen LogP contribution is -2.16. The largest absolute Gasteiger partial charge is 0.438 e. The third-order valence-corrected chi connectivity index (χ3v) is 3.15. The highest BCUT2D eigenvalue weighted by molar-refractivity contribution is 7.53. The van der Waals surface area contributed by atoms with Crippen molar-refractivity contribution in [3.63, 3.8) is 0 Å². The Labute approximate surface area is 101 Å². The zero-order chi connectivity index (χ0) is 13.6. The van der Waals surface area contributed by atoms with Crippen LogP contribution in [0.3, 0.4) is 0 Å². The molecule has 0 aromatic carbocycles. The third-order valence-electron chi connectivity index (χ3n) is 1.93. The minimum Gasteiger partial charge on any atom is -0.438 e. The molecule has 0 aliphatic heterocycles. The molecule has 0 aromatic rings. The maximum Gasteiger partial charge on any atom is 0.338 e. The fourth-order valence-electron chi connectivity index (χ4n) is 0.759. The first-order valence-electron chi connectivity index (χ1n) is 5.31. The van der Waals surface area contributed by atoms with Crippen LogP contribution in [-0.4, -0.2) is 29.6 Å². The maximum atomic E-state index is 11.4. The first kappa shape index (κ1) is 16.3. The molecule has 0 bridgehead atoms. The van der Waals surface area contributed by atoms with Crippen molar-refractivity contribution < 1.29 is 28.3 Å². The first-order valence-corrected chi connectivity index (χ1v) is 7.07. The molecule has 0 saturated heterocycles. The van der Waals surface area contributed by atoms with Crippen LogP contribution in [0.5, 0.6) is 0 Å². The van der Waals surface area contributed by atoms with E-state index in [0.717, 1.165) is 0 Å². The van der Waals surface area contributed by atoms with Crippen LogP contribution in [0, 0.1) is 11.8 Å². The molecule has 1 unspecified atom stereocenters. The molecule has 17 heavy (non-hydrogen) atoms. The van der Waals surface area contributed by atoms with Gasteiger partial charge in [0.15, 0.2) is 0 Å². The summed E-state index contributed by atoms with van der Waals surface area (Å²) in [4.78, 5) is 31.6. The van der Waals surface area contributed by atoms with Crippen LogP contribution in [-0.2, 0) is 23.4 Å². The van der Waals surface area contributed by atoms with Crippen LogP contribution < -0.4 is 0 Å². The highest BCUT2D eigenvalue weighted by atomic mass is 31.2. The second kappa shape index (κ2) is 6.89. The molecule has 0 rings (SSSR count). The number of rotatable bonds is 7. The van der Waals surface area contributed by atoms with Crippen LogP contribution in [0.4, 0.5) is 0 Å². The SMILES string of the molecule is CC(C)C(=O)CP(=O)(O)OCOC(=O)C(C)C. The Morgan fingerprint density at radius 1 is 1.18 bits per heavy atom. The summed E-state index contributed by atoms with van der Waals surface area (Å²) in [6, 6.07) is 0. The molecule has 100 valence electrons. The van der Waals surface area contributed by atoms with Crippen molar-refractivity contribution in [2.45, 2.75) is 27.7 Å². The van der Waals surface area contributed by atoms with Crippen molar-refractivity contribution in [1.29, 1.82) is 0 Å². The zero-order valence-corrected chi connectivity index (χ0v) is 11.4. The summed E-state index contributed by atoms with van der Waals surface area (Å²) in [6.45, 7) is 5.89. The fourth-order valence-corrected chi connectivity index (χ4v) is 1.83.